The zero-order chi connectivity index (χ0) is 47.6. The fourth-order valence-corrected chi connectivity index (χ4v) is 8.43. The Bertz CT molecular complexity index is 2430. The van der Waals surface area contributed by atoms with Gasteiger partial charge in [-0.25, -0.2) is 0 Å². The third kappa shape index (κ3) is 11.9. The van der Waals surface area contributed by atoms with Crippen LogP contribution in [0.2, 0.25) is 0 Å². The molecule has 23 heteroatoms. The van der Waals surface area contributed by atoms with Gasteiger partial charge in [0.2, 0.25) is 17.8 Å². The lowest BCUT2D eigenvalue weighted by Gasteiger charge is -2.34. The summed E-state index contributed by atoms with van der Waals surface area (Å²) in [7, 11) is 0. The second kappa shape index (κ2) is 22.1. The molecule has 4 aliphatic heterocycles. The molecule has 9 N–H and O–H groups in total. The first-order valence-electron chi connectivity index (χ1n) is 23.1. The van der Waals surface area contributed by atoms with Gasteiger partial charge in [-0.2, -0.15) is 9.97 Å². The molecule has 9 rings (SSSR count). The quantitative estimate of drug-likeness (QED) is 0.116. The molecule has 5 aliphatic rings. The SMILES string of the molecule is NC(=O)c1nnc(N2CCC[C@@H](N)C2)nc1Nc1ccc(C(=O)N2CCOCC2)cc1.NC(=O)c1nnc(N2CCC[C@@H](NC(=O)C3CCC3)C2)nc1Nc1ccc(C(=O)N2CCOCC2)cc1. The van der Waals surface area contributed by atoms with Gasteiger partial charge in [0.15, 0.2) is 23.0 Å². The molecule has 0 radical (unpaired) electrons. The van der Waals surface area contributed by atoms with Crippen molar-refractivity contribution in [2.75, 3.05) is 99.2 Å². The molecule has 1 aliphatic carbocycles. The van der Waals surface area contributed by atoms with Crippen molar-refractivity contribution >= 4 is 64.4 Å². The van der Waals surface area contributed by atoms with Crippen LogP contribution in [0.4, 0.5) is 34.9 Å². The molecule has 4 saturated heterocycles. The van der Waals surface area contributed by atoms with Gasteiger partial charge in [-0.15, -0.1) is 20.4 Å². The number of nitrogens with two attached hydrogens (primary N) is 3. The number of nitrogens with zero attached hydrogens (tertiary/aromatic N) is 10. The van der Waals surface area contributed by atoms with Crippen molar-refractivity contribution in [1.29, 1.82) is 0 Å². The minimum Gasteiger partial charge on any atom is -0.378 e. The summed E-state index contributed by atoms with van der Waals surface area (Å²) in [5.41, 5.74) is 19.3. The summed E-state index contributed by atoms with van der Waals surface area (Å²) < 4.78 is 10.6. The van der Waals surface area contributed by atoms with Crippen LogP contribution < -0.4 is 43.0 Å². The molecule has 2 aromatic heterocycles. The van der Waals surface area contributed by atoms with Crippen LogP contribution in [0.15, 0.2) is 48.5 Å². The number of benzene rings is 2. The lowest BCUT2D eigenvalue weighted by Crippen LogP contribution is -2.50. The van der Waals surface area contributed by atoms with E-state index in [2.05, 4.69) is 46.3 Å². The normalized spacial score (nSPS) is 19.7. The molecule has 2 atom stereocenters. The number of carbonyl (C=O) groups is 5. The largest absolute Gasteiger partial charge is 0.378 e. The van der Waals surface area contributed by atoms with Crippen molar-refractivity contribution in [3.8, 4) is 0 Å². The number of anilines is 6. The number of morpholine rings is 2. The van der Waals surface area contributed by atoms with Crippen LogP contribution in [0.1, 0.15) is 86.6 Å². The average Bonchev–Trinajstić information content (AvgIpc) is 3.34. The van der Waals surface area contributed by atoms with Crippen LogP contribution in [0, 0.1) is 5.92 Å². The van der Waals surface area contributed by atoms with Crippen molar-refractivity contribution in [2.24, 2.45) is 23.1 Å². The van der Waals surface area contributed by atoms with E-state index in [1.807, 2.05) is 9.80 Å². The summed E-state index contributed by atoms with van der Waals surface area (Å²) in [6, 6.07) is 13.9. The molecule has 2 aromatic carbocycles. The topological polar surface area (TPSA) is 308 Å². The van der Waals surface area contributed by atoms with Crippen molar-refractivity contribution < 1.29 is 33.4 Å². The van der Waals surface area contributed by atoms with Gasteiger partial charge in [0.25, 0.3) is 23.6 Å². The molecule has 1 saturated carbocycles. The highest BCUT2D eigenvalue weighted by Gasteiger charge is 2.30. The summed E-state index contributed by atoms with van der Waals surface area (Å²) in [6.07, 6.45) is 6.68. The summed E-state index contributed by atoms with van der Waals surface area (Å²) >= 11 is 0. The molecule has 6 heterocycles. The first-order chi connectivity index (χ1) is 33.0. The minimum absolute atomic E-state index is 0.00854. The predicted octanol–water partition coefficient (Wildman–Crippen LogP) is 1.19. The maximum absolute atomic E-state index is 12.7. The molecule has 360 valence electrons. The van der Waals surface area contributed by atoms with Crippen molar-refractivity contribution in [1.82, 2.24) is 45.5 Å². The first-order valence-corrected chi connectivity index (χ1v) is 23.1. The summed E-state index contributed by atoms with van der Waals surface area (Å²) in [4.78, 5) is 78.0. The first kappa shape index (κ1) is 47.4. The van der Waals surface area contributed by atoms with E-state index in [-0.39, 0.29) is 58.7 Å². The molecular weight excluding hydrogens is 877 g/mol. The van der Waals surface area contributed by atoms with E-state index in [0.717, 1.165) is 51.5 Å². The van der Waals surface area contributed by atoms with Gasteiger partial charge in [-0.05, 0) is 87.1 Å². The van der Waals surface area contributed by atoms with Crippen molar-refractivity contribution in [2.45, 2.75) is 57.0 Å². The van der Waals surface area contributed by atoms with Crippen LogP contribution in [0.5, 0.6) is 0 Å². The third-order valence-electron chi connectivity index (χ3n) is 12.5. The molecule has 0 unspecified atom stereocenters. The van der Waals surface area contributed by atoms with Gasteiger partial charge in [0.05, 0.1) is 26.4 Å². The standard InChI is InChI=1S/C25H32N8O4.C20H26N8O3/c26-21(34)20-22(27-18-8-6-17(7-9-18)24(36)32-11-13-37-14-12-32)29-25(31-30-20)33-10-2-5-19(15-33)28-23(35)16-3-1-4-16;21-14-2-1-7-28(12-14)20-24-18(16(17(22)29)25-26-20)23-15-5-3-13(4-6-15)19(30)27-8-10-31-11-9-27/h6-9,16,19H,1-5,10-15H2,(H2,26,34)(H,28,35)(H,27,29,31);3-6,14H,1-2,7-12,21H2,(H2,22,29)(H,23,24,26)/t19-;14-/m11/s1. The van der Waals surface area contributed by atoms with Gasteiger partial charge >= 0.3 is 0 Å². The zero-order valence-corrected chi connectivity index (χ0v) is 37.8. The molecular formula is C45H58N16O7. The Kier molecular flexibility index (Phi) is 15.4. The van der Waals surface area contributed by atoms with E-state index in [1.54, 1.807) is 58.3 Å². The van der Waals surface area contributed by atoms with E-state index in [1.165, 1.54) is 0 Å². The number of ether oxygens (including phenoxy) is 2. The van der Waals surface area contributed by atoms with Gasteiger partial charge in [0.1, 0.15) is 0 Å². The van der Waals surface area contributed by atoms with Crippen molar-refractivity contribution in [3.63, 3.8) is 0 Å². The molecule has 23 nitrogen and oxygen atoms in total. The number of rotatable bonds is 12. The molecule has 0 spiro atoms. The van der Waals surface area contributed by atoms with E-state index in [4.69, 9.17) is 26.7 Å². The van der Waals surface area contributed by atoms with E-state index < -0.39 is 11.8 Å². The number of primary amides is 2. The highest BCUT2D eigenvalue weighted by atomic mass is 16.5. The predicted molar refractivity (Wildman–Crippen MR) is 250 cm³/mol. The van der Waals surface area contributed by atoms with E-state index in [0.29, 0.717) is 107 Å². The number of aromatic nitrogens is 6. The van der Waals surface area contributed by atoms with Crippen molar-refractivity contribution in [3.05, 3.63) is 71.0 Å². The fraction of sp³-hybridized carbons (Fsp3) is 0.489. The summed E-state index contributed by atoms with van der Waals surface area (Å²) in [6.45, 7) is 7.13. The number of carbonyl (C=O) groups excluding carboxylic acids is 5. The highest BCUT2D eigenvalue weighted by molar-refractivity contribution is 5.98. The van der Waals surface area contributed by atoms with Gasteiger partial charge < -0.3 is 62.2 Å². The van der Waals surface area contributed by atoms with E-state index >= 15 is 0 Å². The Balaban J connectivity index is 0.000000187. The van der Waals surface area contributed by atoms with Crippen LogP contribution in [0.25, 0.3) is 0 Å². The number of hydrogen-bond donors (Lipinski definition) is 6. The average molecular weight is 935 g/mol. The number of piperidine rings is 2. The number of nitrogens with one attached hydrogen (secondary N) is 3. The lowest BCUT2D eigenvalue weighted by molar-refractivity contribution is -0.128. The van der Waals surface area contributed by atoms with Crippen LogP contribution in [-0.2, 0) is 14.3 Å². The summed E-state index contributed by atoms with van der Waals surface area (Å²) in [5, 5.41) is 25.5. The van der Waals surface area contributed by atoms with Gasteiger partial charge in [-0.1, -0.05) is 6.42 Å². The number of amides is 5. The highest BCUT2D eigenvalue weighted by Crippen LogP contribution is 2.28. The lowest BCUT2D eigenvalue weighted by atomic mass is 9.84. The number of hydrogen-bond acceptors (Lipinski definition) is 18. The Morgan fingerprint density at radius 3 is 1.44 bits per heavy atom. The van der Waals surface area contributed by atoms with Gasteiger partial charge in [-0.3, -0.25) is 24.0 Å². The van der Waals surface area contributed by atoms with E-state index in [9.17, 15) is 24.0 Å². The Morgan fingerprint density at radius 1 is 0.559 bits per heavy atom. The van der Waals surface area contributed by atoms with Crippen LogP contribution >= 0.6 is 0 Å². The maximum Gasteiger partial charge on any atom is 0.273 e. The Hall–Kier alpha value is -7.11. The zero-order valence-electron chi connectivity index (χ0n) is 37.8. The monoisotopic (exact) mass is 934 g/mol. The second-order valence-corrected chi connectivity index (χ2v) is 17.3. The molecule has 68 heavy (non-hydrogen) atoms. The fourth-order valence-electron chi connectivity index (χ4n) is 8.43. The Labute approximate surface area is 392 Å². The molecule has 5 amide bonds. The third-order valence-corrected chi connectivity index (χ3v) is 12.5. The molecule has 0 bridgehead atoms. The Morgan fingerprint density at radius 2 is 1.01 bits per heavy atom. The van der Waals surface area contributed by atoms with Gasteiger partial charge in [0, 0.05) is 92.9 Å². The molecule has 4 aromatic rings. The molecule has 5 fully saturated rings. The summed E-state index contributed by atoms with van der Waals surface area (Å²) in [5.74, 6) is -0.178. The van der Waals surface area contributed by atoms with Crippen LogP contribution in [0.3, 0.4) is 0 Å². The smallest absolute Gasteiger partial charge is 0.273 e. The second-order valence-electron chi connectivity index (χ2n) is 17.3. The minimum atomic E-state index is -0.752. The maximum atomic E-state index is 12.7. The van der Waals surface area contributed by atoms with Crippen LogP contribution in [-0.4, -0.2) is 161 Å².